The Morgan fingerprint density at radius 3 is 2.89 bits per heavy atom. The Kier molecular flexibility index (Phi) is 6.00. The van der Waals surface area contributed by atoms with Crippen molar-refractivity contribution in [3.8, 4) is 34.5 Å². The first kappa shape index (κ1) is 23.0. The molecule has 1 atom stereocenters. The van der Waals surface area contributed by atoms with Crippen LogP contribution in [0, 0.1) is 11.3 Å². The standard InChI is InChI=1S/C28H28N4O3/c1-18(2)35-25-7-6-19(14-20(25)16-29)24-9-11-30-27(31-24)22-4-3-5-23-21(22)8-10-28(23)15-26(34)32(17-28)12-13-33/h3-7,9,11,14,18,33H,8,10,12-13,15,17H2,1-2H3/t28-/m0/s1. The number of benzene rings is 2. The molecule has 0 unspecified atom stereocenters. The van der Waals surface area contributed by atoms with Crippen LogP contribution in [0.25, 0.3) is 22.6 Å². The molecule has 3 aromatic rings. The maximum atomic E-state index is 12.6. The third kappa shape index (κ3) is 4.15. The van der Waals surface area contributed by atoms with E-state index in [0.29, 0.717) is 36.6 Å². The van der Waals surface area contributed by atoms with E-state index in [1.807, 2.05) is 44.2 Å². The van der Waals surface area contributed by atoms with Crippen molar-refractivity contribution >= 4 is 5.91 Å². The summed E-state index contributed by atoms with van der Waals surface area (Å²) in [5.74, 6) is 1.30. The van der Waals surface area contributed by atoms with Gasteiger partial charge in [-0.2, -0.15) is 5.26 Å². The quantitative estimate of drug-likeness (QED) is 0.589. The molecular weight excluding hydrogens is 440 g/mol. The van der Waals surface area contributed by atoms with Crippen LogP contribution in [-0.2, 0) is 16.6 Å². The Labute approximate surface area is 205 Å². The lowest BCUT2D eigenvalue weighted by Gasteiger charge is -2.25. The average Bonchev–Trinajstić information content (AvgIpc) is 3.38. The molecule has 1 N–H and O–H groups in total. The molecule has 1 amide bonds. The zero-order valence-corrected chi connectivity index (χ0v) is 20.0. The predicted octanol–water partition coefficient (Wildman–Crippen LogP) is 3.88. The largest absolute Gasteiger partial charge is 0.490 e. The number of hydrogen-bond acceptors (Lipinski definition) is 6. The minimum atomic E-state index is -0.205. The topological polar surface area (TPSA) is 99.3 Å². The fourth-order valence-electron chi connectivity index (χ4n) is 5.43. The van der Waals surface area contributed by atoms with Crippen molar-refractivity contribution in [2.75, 3.05) is 19.7 Å². The highest BCUT2D eigenvalue weighted by Crippen LogP contribution is 2.48. The summed E-state index contributed by atoms with van der Waals surface area (Å²) in [5.41, 5.74) is 5.20. The smallest absolute Gasteiger partial charge is 0.223 e. The molecule has 0 saturated carbocycles. The molecule has 1 aromatic heterocycles. The molecule has 178 valence electrons. The number of hydrogen-bond donors (Lipinski definition) is 1. The van der Waals surface area contributed by atoms with Crippen molar-refractivity contribution in [3.05, 3.63) is 65.4 Å². The molecule has 2 aliphatic rings. The third-order valence-electron chi connectivity index (χ3n) is 6.96. The molecule has 5 rings (SSSR count). The second-order valence-corrected chi connectivity index (χ2v) is 9.58. The number of β-amino-alcohol motifs (C(OH)–C–C–N with tert-alkyl or cyclic N) is 1. The van der Waals surface area contributed by atoms with Crippen LogP contribution in [0.5, 0.6) is 5.75 Å². The maximum absolute atomic E-state index is 12.6. The zero-order chi connectivity index (χ0) is 24.6. The number of ether oxygens (including phenoxy) is 1. The number of aliphatic hydroxyl groups excluding tert-OH is 1. The molecule has 1 spiro atoms. The summed E-state index contributed by atoms with van der Waals surface area (Å²) in [6.07, 6.45) is 3.96. The van der Waals surface area contributed by atoms with E-state index in [-0.39, 0.29) is 24.0 Å². The van der Waals surface area contributed by atoms with E-state index in [1.165, 1.54) is 11.1 Å². The lowest BCUT2D eigenvalue weighted by Crippen LogP contribution is -2.32. The van der Waals surface area contributed by atoms with Gasteiger partial charge in [0.2, 0.25) is 5.91 Å². The van der Waals surface area contributed by atoms with Crippen molar-refractivity contribution in [1.82, 2.24) is 14.9 Å². The summed E-state index contributed by atoms with van der Waals surface area (Å²) in [6.45, 7) is 4.87. The van der Waals surface area contributed by atoms with E-state index in [0.717, 1.165) is 29.7 Å². The van der Waals surface area contributed by atoms with Crippen LogP contribution in [0.15, 0.2) is 48.7 Å². The Bertz CT molecular complexity index is 1330. The lowest BCUT2D eigenvalue weighted by molar-refractivity contribution is -0.128. The minimum Gasteiger partial charge on any atom is -0.490 e. The van der Waals surface area contributed by atoms with Crippen LogP contribution in [-0.4, -0.2) is 51.7 Å². The van der Waals surface area contributed by atoms with Crippen molar-refractivity contribution in [2.45, 2.75) is 44.6 Å². The zero-order valence-electron chi connectivity index (χ0n) is 20.0. The van der Waals surface area contributed by atoms with E-state index < -0.39 is 0 Å². The van der Waals surface area contributed by atoms with Crippen molar-refractivity contribution in [2.24, 2.45) is 0 Å². The van der Waals surface area contributed by atoms with Crippen LogP contribution in [0.4, 0.5) is 0 Å². The van der Waals surface area contributed by atoms with E-state index >= 15 is 0 Å². The monoisotopic (exact) mass is 468 g/mol. The highest BCUT2D eigenvalue weighted by atomic mass is 16.5. The van der Waals surface area contributed by atoms with Crippen LogP contribution in [0.3, 0.4) is 0 Å². The first-order chi connectivity index (χ1) is 16.9. The number of aromatic nitrogens is 2. The number of amides is 1. The van der Waals surface area contributed by atoms with E-state index in [4.69, 9.17) is 9.72 Å². The predicted molar refractivity (Wildman–Crippen MR) is 132 cm³/mol. The summed E-state index contributed by atoms with van der Waals surface area (Å²) in [7, 11) is 0. The molecule has 35 heavy (non-hydrogen) atoms. The second kappa shape index (κ2) is 9.12. The van der Waals surface area contributed by atoms with Gasteiger partial charge in [0.05, 0.1) is 24.0 Å². The number of nitrogens with zero attached hydrogens (tertiary/aromatic N) is 4. The number of likely N-dealkylation sites (tertiary alicyclic amines) is 1. The maximum Gasteiger partial charge on any atom is 0.223 e. The molecule has 0 radical (unpaired) electrons. The number of rotatable bonds is 6. The Balaban J connectivity index is 1.50. The van der Waals surface area contributed by atoms with E-state index in [2.05, 4.69) is 17.1 Å². The normalized spacial score (nSPS) is 18.8. The molecule has 7 heteroatoms. The third-order valence-corrected chi connectivity index (χ3v) is 6.96. The highest BCUT2D eigenvalue weighted by Gasteiger charge is 2.48. The van der Waals surface area contributed by atoms with E-state index in [1.54, 1.807) is 17.2 Å². The summed E-state index contributed by atoms with van der Waals surface area (Å²) in [4.78, 5) is 23.8. The molecule has 1 fully saturated rings. The number of nitriles is 1. The molecule has 1 saturated heterocycles. The van der Waals surface area contributed by atoms with Gasteiger partial charge >= 0.3 is 0 Å². The van der Waals surface area contributed by atoms with Gasteiger partial charge in [-0.25, -0.2) is 9.97 Å². The van der Waals surface area contributed by atoms with Crippen LogP contribution in [0.2, 0.25) is 0 Å². The first-order valence-electron chi connectivity index (χ1n) is 12.0. The Hall–Kier alpha value is -3.76. The van der Waals surface area contributed by atoms with Gasteiger partial charge in [0, 0.05) is 42.2 Å². The fraction of sp³-hybridized carbons (Fsp3) is 0.357. The summed E-state index contributed by atoms with van der Waals surface area (Å²) < 4.78 is 5.75. The SMILES string of the molecule is CC(C)Oc1ccc(-c2ccnc(-c3cccc4c3CC[C@@]43CC(=O)N(CCO)C3)n2)cc1C#N. The highest BCUT2D eigenvalue weighted by molar-refractivity contribution is 5.82. The number of fused-ring (bicyclic) bond motifs is 2. The molecular formula is C28H28N4O3. The number of carbonyl (C=O) groups excluding carboxylic acids is 1. The van der Waals surface area contributed by atoms with Crippen LogP contribution >= 0.6 is 0 Å². The second-order valence-electron chi connectivity index (χ2n) is 9.58. The summed E-state index contributed by atoms with van der Waals surface area (Å²) >= 11 is 0. The van der Waals surface area contributed by atoms with Crippen molar-refractivity contribution in [3.63, 3.8) is 0 Å². The Morgan fingerprint density at radius 1 is 1.26 bits per heavy atom. The summed E-state index contributed by atoms with van der Waals surface area (Å²) in [5, 5.41) is 18.9. The van der Waals surface area contributed by atoms with Crippen molar-refractivity contribution in [1.29, 1.82) is 5.26 Å². The number of aliphatic hydroxyl groups is 1. The van der Waals surface area contributed by atoms with Gasteiger partial charge in [-0.15, -0.1) is 0 Å². The lowest BCUT2D eigenvalue weighted by atomic mass is 9.80. The molecule has 7 nitrogen and oxygen atoms in total. The van der Waals surface area contributed by atoms with Gasteiger partial charge in [0.25, 0.3) is 0 Å². The number of carbonyl (C=O) groups is 1. The molecule has 1 aliphatic carbocycles. The van der Waals surface area contributed by atoms with Gasteiger partial charge in [-0.05, 0) is 62.1 Å². The van der Waals surface area contributed by atoms with Crippen LogP contribution in [0.1, 0.15) is 43.4 Å². The van der Waals surface area contributed by atoms with Gasteiger partial charge in [-0.3, -0.25) is 4.79 Å². The van der Waals surface area contributed by atoms with Crippen LogP contribution < -0.4 is 4.74 Å². The van der Waals surface area contributed by atoms with Gasteiger partial charge in [0.1, 0.15) is 11.8 Å². The average molecular weight is 469 g/mol. The van der Waals surface area contributed by atoms with Gasteiger partial charge < -0.3 is 14.7 Å². The first-order valence-corrected chi connectivity index (χ1v) is 12.0. The molecule has 1 aliphatic heterocycles. The molecule has 2 aromatic carbocycles. The fourth-order valence-corrected chi connectivity index (χ4v) is 5.43. The van der Waals surface area contributed by atoms with E-state index in [9.17, 15) is 15.2 Å². The molecule has 2 heterocycles. The summed E-state index contributed by atoms with van der Waals surface area (Å²) in [6, 6.07) is 15.8. The van der Waals surface area contributed by atoms with Gasteiger partial charge in [0.15, 0.2) is 5.82 Å². The Morgan fingerprint density at radius 2 is 2.11 bits per heavy atom. The minimum absolute atomic E-state index is 0.0204. The van der Waals surface area contributed by atoms with Crippen molar-refractivity contribution < 1.29 is 14.6 Å². The molecule has 0 bridgehead atoms. The van der Waals surface area contributed by atoms with Gasteiger partial charge in [-0.1, -0.05) is 18.2 Å².